The van der Waals surface area contributed by atoms with Gasteiger partial charge in [0.2, 0.25) is 5.88 Å². The molecule has 1 aromatic heterocycles. The van der Waals surface area contributed by atoms with Crippen LogP contribution in [-0.2, 0) is 5.54 Å². The number of nitrogens with zero attached hydrogens (tertiary/aromatic N) is 4. The summed E-state index contributed by atoms with van der Waals surface area (Å²) >= 11 is 0. The molecule has 1 aromatic carbocycles. The van der Waals surface area contributed by atoms with E-state index >= 15 is 0 Å². The summed E-state index contributed by atoms with van der Waals surface area (Å²) in [7, 11) is 0. The monoisotopic (exact) mass is 424 g/mol. The van der Waals surface area contributed by atoms with Crippen LogP contribution in [0.3, 0.4) is 0 Å². The first-order chi connectivity index (χ1) is 14.9. The van der Waals surface area contributed by atoms with Gasteiger partial charge in [-0.15, -0.1) is 10.2 Å². The van der Waals surface area contributed by atoms with E-state index in [1.165, 1.54) is 0 Å². The van der Waals surface area contributed by atoms with E-state index in [1.807, 2.05) is 57.2 Å². The quantitative estimate of drug-likeness (QED) is 0.747. The van der Waals surface area contributed by atoms with Crippen molar-refractivity contribution < 1.29 is 14.6 Å². The van der Waals surface area contributed by atoms with E-state index in [1.54, 1.807) is 4.90 Å². The second kappa shape index (κ2) is 8.83. The first-order valence-electron chi connectivity index (χ1n) is 11.2. The van der Waals surface area contributed by atoms with Gasteiger partial charge in [0.15, 0.2) is 0 Å². The number of fused-ring (bicyclic) bond motifs is 4. The summed E-state index contributed by atoms with van der Waals surface area (Å²) in [6.07, 6.45) is 2.20. The molecule has 0 spiro atoms. The summed E-state index contributed by atoms with van der Waals surface area (Å²) in [5.41, 5.74) is 1.95. The molecule has 0 aliphatic carbocycles. The van der Waals surface area contributed by atoms with Crippen molar-refractivity contribution in [2.24, 2.45) is 5.92 Å². The van der Waals surface area contributed by atoms with Crippen LogP contribution in [0.1, 0.15) is 45.6 Å². The van der Waals surface area contributed by atoms with E-state index in [-0.39, 0.29) is 6.04 Å². The second-order valence-electron chi connectivity index (χ2n) is 9.02. The lowest BCUT2D eigenvalue weighted by Gasteiger charge is -2.45. The van der Waals surface area contributed by atoms with Crippen molar-refractivity contribution in [1.29, 1.82) is 0 Å². The Balaban J connectivity index is 1.64. The second-order valence-corrected chi connectivity index (χ2v) is 9.02. The molecule has 0 radical (unpaired) electrons. The molecule has 3 fully saturated rings. The fraction of sp³-hybridized carbons (Fsp3) is 0.542. The zero-order chi connectivity index (χ0) is 22.0. The average Bonchev–Trinajstić information content (AvgIpc) is 3.08. The number of amides is 1. The molecule has 1 N–H and O–H groups in total. The molecule has 3 saturated heterocycles. The highest BCUT2D eigenvalue weighted by atomic mass is 16.5. The van der Waals surface area contributed by atoms with Gasteiger partial charge in [0.25, 0.3) is 0 Å². The van der Waals surface area contributed by atoms with Crippen LogP contribution in [0, 0.1) is 5.92 Å². The Morgan fingerprint density at radius 2 is 1.90 bits per heavy atom. The molecule has 1 amide bonds. The van der Waals surface area contributed by atoms with Crippen LogP contribution in [-0.4, -0.2) is 63.5 Å². The molecule has 2 aromatic rings. The lowest BCUT2D eigenvalue weighted by Crippen LogP contribution is -2.53. The van der Waals surface area contributed by atoms with E-state index in [2.05, 4.69) is 15.1 Å². The maximum atomic E-state index is 12.5. The number of benzene rings is 1. The van der Waals surface area contributed by atoms with Crippen molar-refractivity contribution in [2.75, 3.05) is 26.2 Å². The van der Waals surface area contributed by atoms with E-state index < -0.39 is 11.6 Å². The molecule has 166 valence electrons. The molecule has 3 aliphatic rings. The molecule has 7 heteroatoms. The maximum absolute atomic E-state index is 12.5. The molecule has 1 atom stereocenters. The fourth-order valence-corrected chi connectivity index (χ4v) is 5.14. The topological polar surface area (TPSA) is 78.8 Å². The average molecular weight is 425 g/mol. The zero-order valence-electron chi connectivity index (χ0n) is 18.6. The summed E-state index contributed by atoms with van der Waals surface area (Å²) in [6, 6.07) is 11.7. The van der Waals surface area contributed by atoms with Crippen molar-refractivity contribution in [3.63, 3.8) is 0 Å². The predicted octanol–water partition coefficient (Wildman–Crippen LogP) is 4.24. The van der Waals surface area contributed by atoms with Gasteiger partial charge < -0.3 is 14.7 Å². The van der Waals surface area contributed by atoms with Crippen LogP contribution in [0.25, 0.3) is 11.3 Å². The summed E-state index contributed by atoms with van der Waals surface area (Å²) in [5, 5.41) is 18.7. The molecular formula is C24H32N4O3. The Kier molecular flexibility index (Phi) is 6.14. The third-order valence-electron chi connectivity index (χ3n) is 6.85. The van der Waals surface area contributed by atoms with Crippen molar-refractivity contribution in [2.45, 2.75) is 51.6 Å². The fourth-order valence-electron chi connectivity index (χ4n) is 5.14. The number of carboxylic acid groups (broad SMARTS) is 1. The number of hydrogen-bond donors (Lipinski definition) is 1. The van der Waals surface area contributed by atoms with Gasteiger partial charge in [-0.2, -0.15) is 0 Å². The van der Waals surface area contributed by atoms with Gasteiger partial charge in [0.1, 0.15) is 0 Å². The maximum Gasteiger partial charge on any atom is 0.408 e. The number of aromatic nitrogens is 2. The van der Waals surface area contributed by atoms with Crippen LogP contribution in [0.2, 0.25) is 0 Å². The Morgan fingerprint density at radius 1 is 1.16 bits per heavy atom. The van der Waals surface area contributed by atoms with Gasteiger partial charge in [-0.25, -0.2) is 4.79 Å². The predicted molar refractivity (Wildman–Crippen MR) is 119 cm³/mol. The SMILES string of the molecule is CCOc1ccc(-c2cccc(C(C)(C)N(C(=O)O)C3CCN4CCC3CC4)c2)nn1. The standard InChI is InChI=1S/C24H32N4O3/c1-4-31-22-9-8-20(25-26-22)18-6-5-7-19(16-18)24(2,3)28(23(29)30)21-12-15-27-13-10-17(21)11-14-27/h5-9,16-17,21H,4,10-15H2,1-3H3,(H,29,30). The van der Waals surface area contributed by atoms with Crippen molar-refractivity contribution >= 4 is 6.09 Å². The van der Waals surface area contributed by atoms with Crippen LogP contribution in [0.4, 0.5) is 4.79 Å². The Bertz CT molecular complexity index is 907. The minimum Gasteiger partial charge on any atom is -0.477 e. The highest BCUT2D eigenvalue weighted by molar-refractivity contribution is 5.68. The molecule has 31 heavy (non-hydrogen) atoms. The highest BCUT2D eigenvalue weighted by Gasteiger charge is 2.43. The molecule has 5 rings (SSSR count). The van der Waals surface area contributed by atoms with Crippen molar-refractivity contribution in [3.05, 3.63) is 42.0 Å². The Labute approximate surface area is 184 Å². The number of carbonyl (C=O) groups is 1. The van der Waals surface area contributed by atoms with Crippen LogP contribution in [0.15, 0.2) is 36.4 Å². The van der Waals surface area contributed by atoms with Crippen LogP contribution >= 0.6 is 0 Å². The molecule has 7 nitrogen and oxygen atoms in total. The molecule has 0 saturated carbocycles. The van der Waals surface area contributed by atoms with E-state index in [0.717, 1.165) is 55.7 Å². The molecule has 3 aliphatic heterocycles. The van der Waals surface area contributed by atoms with E-state index in [4.69, 9.17) is 4.74 Å². The summed E-state index contributed by atoms with van der Waals surface area (Å²) in [6.45, 7) is 9.63. The van der Waals surface area contributed by atoms with Gasteiger partial charge in [-0.1, -0.05) is 18.2 Å². The van der Waals surface area contributed by atoms with Gasteiger partial charge in [-0.3, -0.25) is 4.90 Å². The lowest BCUT2D eigenvalue weighted by atomic mass is 9.84. The van der Waals surface area contributed by atoms with Crippen molar-refractivity contribution in [1.82, 2.24) is 20.0 Å². The third kappa shape index (κ3) is 4.37. The van der Waals surface area contributed by atoms with Gasteiger partial charge in [0.05, 0.1) is 17.8 Å². The molecular weight excluding hydrogens is 392 g/mol. The Morgan fingerprint density at radius 3 is 2.55 bits per heavy atom. The lowest BCUT2D eigenvalue weighted by molar-refractivity contribution is 0.0355. The zero-order valence-corrected chi connectivity index (χ0v) is 18.6. The van der Waals surface area contributed by atoms with Crippen LogP contribution in [0.5, 0.6) is 5.88 Å². The van der Waals surface area contributed by atoms with E-state index in [9.17, 15) is 9.90 Å². The smallest absolute Gasteiger partial charge is 0.408 e. The minimum atomic E-state index is -0.846. The normalized spacial score (nSPS) is 23.3. The van der Waals surface area contributed by atoms with Gasteiger partial charge in [0, 0.05) is 24.2 Å². The van der Waals surface area contributed by atoms with E-state index in [0.29, 0.717) is 18.4 Å². The minimum absolute atomic E-state index is 0.0360. The van der Waals surface area contributed by atoms with Gasteiger partial charge >= 0.3 is 6.09 Å². The summed E-state index contributed by atoms with van der Waals surface area (Å²) in [5.74, 6) is 0.924. The largest absolute Gasteiger partial charge is 0.477 e. The summed E-state index contributed by atoms with van der Waals surface area (Å²) < 4.78 is 5.38. The number of ether oxygens (including phenoxy) is 1. The third-order valence-corrected chi connectivity index (χ3v) is 6.85. The first-order valence-corrected chi connectivity index (χ1v) is 11.2. The summed E-state index contributed by atoms with van der Waals surface area (Å²) in [4.78, 5) is 16.7. The molecule has 1 unspecified atom stereocenters. The van der Waals surface area contributed by atoms with Gasteiger partial charge in [-0.05, 0) is 76.7 Å². The highest BCUT2D eigenvalue weighted by Crippen LogP contribution is 2.39. The number of piperidine rings is 1. The molecule has 2 bridgehead atoms. The van der Waals surface area contributed by atoms with Crippen LogP contribution < -0.4 is 4.74 Å². The number of hydrogen-bond acceptors (Lipinski definition) is 5. The van der Waals surface area contributed by atoms with Crippen molar-refractivity contribution in [3.8, 4) is 17.1 Å². The molecule has 4 heterocycles. The first kappa shape index (κ1) is 21.6. The number of rotatable bonds is 6. The Hall–Kier alpha value is -2.67.